The number of benzene rings is 3. The Morgan fingerprint density at radius 3 is 0.600 bits per heavy atom. The normalized spacial score (nSPS) is 11.3. The first-order valence-corrected chi connectivity index (χ1v) is 38.2. The number of carbonyl (C=O) groups excluding carboxylic acids is 2. The van der Waals surface area contributed by atoms with Crippen LogP contribution in [0.1, 0.15) is 370 Å². The zero-order valence-electron chi connectivity index (χ0n) is 59.1. The summed E-state index contributed by atoms with van der Waals surface area (Å²) in [5.74, 6) is 2.86. The molecule has 0 aliphatic rings. The van der Waals surface area contributed by atoms with Gasteiger partial charge in [0.15, 0.2) is 23.0 Å². The van der Waals surface area contributed by atoms with E-state index in [2.05, 4.69) is 52.2 Å². The van der Waals surface area contributed by atoms with Crippen LogP contribution in [-0.4, -0.2) is 51.5 Å². The quantitative estimate of drug-likeness (QED) is 0.0537. The highest BCUT2D eigenvalue weighted by Gasteiger charge is 2.22. The lowest BCUT2D eigenvalue weighted by Gasteiger charge is -2.19. The molecule has 3 rings (SSSR count). The number of rotatable bonds is 64. The van der Waals surface area contributed by atoms with E-state index >= 15 is 0 Å². The predicted octanol–water partition coefficient (Wildman–Crippen LogP) is 25.3. The van der Waals surface area contributed by atoms with Crippen LogP contribution in [-0.2, 0) is 0 Å². The van der Waals surface area contributed by atoms with E-state index in [9.17, 15) is 9.59 Å². The molecule has 0 unspecified atom stereocenters. The molecule has 0 saturated heterocycles. The van der Waals surface area contributed by atoms with Gasteiger partial charge in [-0.05, 0) is 87.1 Å². The Hall–Kier alpha value is -4.60. The highest BCUT2D eigenvalue weighted by atomic mass is 16.5. The number of nitrogens with one attached hydrogen (secondary N) is 2. The van der Waals surface area contributed by atoms with E-state index in [0.29, 0.717) is 96.6 Å². The summed E-state index contributed by atoms with van der Waals surface area (Å²) in [5, 5.41) is 6.27. The van der Waals surface area contributed by atoms with Crippen molar-refractivity contribution in [1.82, 2.24) is 0 Å². The van der Waals surface area contributed by atoms with E-state index in [0.717, 1.165) is 77.0 Å². The molecule has 0 atom stereocenters. The van der Waals surface area contributed by atoms with Gasteiger partial charge in [0.25, 0.3) is 11.8 Å². The second-order valence-corrected chi connectivity index (χ2v) is 26.0. The van der Waals surface area contributed by atoms with Gasteiger partial charge < -0.3 is 39.1 Å². The minimum atomic E-state index is -0.279. The summed E-state index contributed by atoms with van der Waals surface area (Å²) >= 11 is 0. The Kier molecular flexibility index (Phi) is 50.5. The monoisotopic (exact) mass is 1250 g/mol. The van der Waals surface area contributed by atoms with Gasteiger partial charge in [0.05, 0.1) is 39.6 Å². The third kappa shape index (κ3) is 39.7. The zero-order chi connectivity index (χ0) is 64.4. The van der Waals surface area contributed by atoms with Crippen molar-refractivity contribution in [2.75, 3.05) is 50.3 Å². The first-order chi connectivity index (χ1) is 44.4. The second kappa shape index (κ2) is 57.1. The van der Waals surface area contributed by atoms with Crippen LogP contribution in [0.15, 0.2) is 48.5 Å². The molecular weight excluding hydrogens is 1120 g/mol. The molecule has 3 aromatic carbocycles. The Morgan fingerprint density at radius 2 is 0.411 bits per heavy atom. The smallest absolute Gasteiger partial charge is 0.255 e. The van der Waals surface area contributed by atoms with Crippen molar-refractivity contribution >= 4 is 23.2 Å². The van der Waals surface area contributed by atoms with E-state index in [1.807, 2.05) is 48.5 Å². The lowest BCUT2D eigenvalue weighted by Crippen LogP contribution is -2.15. The molecule has 0 spiro atoms. The van der Waals surface area contributed by atoms with Crippen molar-refractivity contribution in [2.24, 2.45) is 0 Å². The van der Waals surface area contributed by atoms with Gasteiger partial charge in [0, 0.05) is 22.5 Å². The third-order valence-corrected chi connectivity index (χ3v) is 17.5. The Labute approximate surface area is 552 Å². The van der Waals surface area contributed by atoms with Crippen LogP contribution in [0, 0.1) is 0 Å². The van der Waals surface area contributed by atoms with Gasteiger partial charge in [0.1, 0.15) is 0 Å². The van der Waals surface area contributed by atoms with E-state index in [1.54, 1.807) is 0 Å². The SMILES string of the molecule is CCCCCCCCCCOc1cc(C(=O)Nc2ccc(NC(=O)c3cc(OCCCCCCCCCC)c(OCCCCCCCCCC)c(OCCCCCCCCCC)c3)cc2)cc(OCCCCCCCCCC)c1OCCCCCCCCCC. The molecule has 3 aromatic rings. The molecule has 0 saturated carbocycles. The number of anilines is 2. The number of hydrogen-bond acceptors (Lipinski definition) is 8. The molecule has 0 bridgehead atoms. The van der Waals surface area contributed by atoms with Crippen molar-refractivity contribution in [3.63, 3.8) is 0 Å². The fraction of sp³-hybridized carbons (Fsp3) is 0.750. The number of unbranched alkanes of at least 4 members (excludes halogenated alkanes) is 42. The molecular formula is C80H136N2O8. The lowest BCUT2D eigenvalue weighted by molar-refractivity contribution is 0.101. The highest BCUT2D eigenvalue weighted by Crippen LogP contribution is 2.42. The van der Waals surface area contributed by atoms with Gasteiger partial charge in [-0.3, -0.25) is 9.59 Å². The molecule has 0 fully saturated rings. The van der Waals surface area contributed by atoms with Crippen LogP contribution in [0.3, 0.4) is 0 Å². The van der Waals surface area contributed by atoms with Gasteiger partial charge in [-0.15, -0.1) is 0 Å². The van der Waals surface area contributed by atoms with Gasteiger partial charge in [-0.25, -0.2) is 0 Å². The minimum absolute atomic E-state index is 0.279. The van der Waals surface area contributed by atoms with E-state index < -0.39 is 0 Å². The van der Waals surface area contributed by atoms with Crippen LogP contribution in [0.5, 0.6) is 34.5 Å². The summed E-state index contributed by atoms with van der Waals surface area (Å²) < 4.78 is 39.6. The number of amides is 2. The van der Waals surface area contributed by atoms with Crippen LogP contribution in [0.25, 0.3) is 0 Å². The molecule has 10 heteroatoms. The lowest BCUT2D eigenvalue weighted by atomic mass is 10.1. The summed E-state index contributed by atoms with van der Waals surface area (Å²) in [6.07, 6.45) is 58.0. The summed E-state index contributed by atoms with van der Waals surface area (Å²) in [6, 6.07) is 14.6. The average molecular weight is 1250 g/mol. The van der Waals surface area contributed by atoms with E-state index in [4.69, 9.17) is 28.4 Å². The molecule has 90 heavy (non-hydrogen) atoms. The molecule has 0 aromatic heterocycles. The minimum Gasteiger partial charge on any atom is -0.490 e. The fourth-order valence-electron chi connectivity index (χ4n) is 11.7. The van der Waals surface area contributed by atoms with Crippen molar-refractivity contribution < 1.29 is 38.0 Å². The third-order valence-electron chi connectivity index (χ3n) is 17.5. The van der Waals surface area contributed by atoms with Crippen LogP contribution in [0.4, 0.5) is 11.4 Å². The second-order valence-electron chi connectivity index (χ2n) is 26.0. The van der Waals surface area contributed by atoms with Crippen molar-refractivity contribution in [2.45, 2.75) is 350 Å². The summed E-state index contributed by atoms with van der Waals surface area (Å²) in [5.41, 5.74) is 2.08. The van der Waals surface area contributed by atoms with Crippen molar-refractivity contribution in [1.29, 1.82) is 0 Å². The number of hydrogen-bond donors (Lipinski definition) is 2. The predicted molar refractivity (Wildman–Crippen MR) is 384 cm³/mol. The zero-order valence-corrected chi connectivity index (χ0v) is 59.1. The van der Waals surface area contributed by atoms with E-state index in [-0.39, 0.29) is 11.8 Å². The molecule has 2 N–H and O–H groups in total. The van der Waals surface area contributed by atoms with Gasteiger partial charge in [-0.2, -0.15) is 0 Å². The van der Waals surface area contributed by atoms with Crippen molar-refractivity contribution in [3.05, 3.63) is 59.7 Å². The van der Waals surface area contributed by atoms with Gasteiger partial charge >= 0.3 is 0 Å². The molecule has 0 heterocycles. The molecule has 10 nitrogen and oxygen atoms in total. The van der Waals surface area contributed by atoms with Gasteiger partial charge in [0.2, 0.25) is 11.5 Å². The summed E-state index contributed by atoms with van der Waals surface area (Å²) in [7, 11) is 0. The largest absolute Gasteiger partial charge is 0.490 e. The van der Waals surface area contributed by atoms with Crippen LogP contribution in [0.2, 0.25) is 0 Å². The first-order valence-electron chi connectivity index (χ1n) is 38.2. The van der Waals surface area contributed by atoms with Crippen molar-refractivity contribution in [3.8, 4) is 34.5 Å². The fourth-order valence-corrected chi connectivity index (χ4v) is 11.7. The standard InChI is InChI=1S/C80H136N2O8/c1-7-13-19-25-31-37-43-49-59-85-73-65-69(66-74(86-60-50-44-38-32-26-20-14-8-2)77(73)89-63-53-47-41-35-29-23-17-11-5)79(83)81-71-55-57-72(58-56-71)82-80(84)70-67-75(87-61-51-45-39-33-27-21-15-9-3)78(90-64-54-48-42-36-30-24-18-12-6)76(68-70)88-62-52-46-40-34-28-22-16-10-4/h55-58,65-68H,7-54,59-64H2,1-6H3,(H,81,83)(H,82,84). The molecule has 514 valence electrons. The Balaban J connectivity index is 1.87. The maximum atomic E-state index is 14.4. The van der Waals surface area contributed by atoms with Crippen LogP contribution >= 0.6 is 0 Å². The molecule has 0 aliphatic carbocycles. The maximum absolute atomic E-state index is 14.4. The summed E-state index contributed by atoms with van der Waals surface area (Å²) in [4.78, 5) is 28.8. The Bertz CT molecular complexity index is 1930. The number of carbonyl (C=O) groups is 2. The Morgan fingerprint density at radius 1 is 0.244 bits per heavy atom. The van der Waals surface area contributed by atoms with Crippen LogP contribution < -0.4 is 39.1 Å². The summed E-state index contributed by atoms with van der Waals surface area (Å²) in [6.45, 7) is 16.9. The number of ether oxygens (including phenoxy) is 6. The molecule has 0 radical (unpaired) electrons. The molecule has 2 amide bonds. The van der Waals surface area contributed by atoms with Gasteiger partial charge in [-0.1, -0.05) is 311 Å². The maximum Gasteiger partial charge on any atom is 0.255 e. The van der Waals surface area contributed by atoms with E-state index in [1.165, 1.54) is 231 Å². The highest BCUT2D eigenvalue weighted by molar-refractivity contribution is 6.06. The topological polar surface area (TPSA) is 114 Å². The average Bonchev–Trinajstić information content (AvgIpc) is 1.01. The molecule has 0 aliphatic heterocycles. The first kappa shape index (κ1) is 79.6.